The first-order chi connectivity index (χ1) is 8.51. The van der Waals surface area contributed by atoms with E-state index >= 15 is 0 Å². The molecular weight excluding hydrogens is 224 g/mol. The molecule has 0 bridgehead atoms. The van der Waals surface area contributed by atoms with Crippen LogP contribution in [0.2, 0.25) is 0 Å². The summed E-state index contributed by atoms with van der Waals surface area (Å²) in [6, 6.07) is 0.616. The van der Waals surface area contributed by atoms with Crippen LogP contribution in [0.15, 0.2) is 12.2 Å². The molecule has 3 nitrogen and oxygen atoms in total. The van der Waals surface area contributed by atoms with E-state index < -0.39 is 0 Å². The zero-order chi connectivity index (χ0) is 13.2. The average Bonchev–Trinajstić information content (AvgIpc) is 3.13. The Bertz CT molecular complexity index is 301. The molecule has 1 aliphatic carbocycles. The molecule has 2 fully saturated rings. The molecule has 1 heterocycles. The Balaban J connectivity index is 1.76. The molecule has 0 amide bonds. The van der Waals surface area contributed by atoms with Crippen LogP contribution in [0.1, 0.15) is 33.6 Å². The molecule has 1 saturated carbocycles. The van der Waals surface area contributed by atoms with E-state index in [1.54, 1.807) is 0 Å². The number of nitrogens with one attached hydrogen (secondary N) is 1. The first kappa shape index (κ1) is 14.0. The van der Waals surface area contributed by atoms with Gasteiger partial charge < -0.3 is 10.1 Å². The van der Waals surface area contributed by atoms with Gasteiger partial charge in [0.1, 0.15) is 0 Å². The van der Waals surface area contributed by atoms with Crippen molar-refractivity contribution in [3.63, 3.8) is 0 Å². The third-order valence-electron chi connectivity index (χ3n) is 4.31. The largest absolute Gasteiger partial charge is 0.376 e. The van der Waals surface area contributed by atoms with Gasteiger partial charge in [0, 0.05) is 31.2 Å². The van der Waals surface area contributed by atoms with Gasteiger partial charge in [-0.1, -0.05) is 12.2 Å². The molecule has 0 spiro atoms. The van der Waals surface area contributed by atoms with Crippen LogP contribution in [0.5, 0.6) is 0 Å². The van der Waals surface area contributed by atoms with Gasteiger partial charge in [-0.2, -0.15) is 0 Å². The molecule has 2 atom stereocenters. The molecule has 104 valence electrons. The molecule has 1 N–H and O–H groups in total. The second kappa shape index (κ2) is 5.72. The van der Waals surface area contributed by atoms with Crippen LogP contribution in [-0.2, 0) is 4.74 Å². The summed E-state index contributed by atoms with van der Waals surface area (Å²) in [6.07, 6.45) is 2.80. The van der Waals surface area contributed by atoms with E-state index in [0.717, 1.165) is 37.7 Å². The highest BCUT2D eigenvalue weighted by Gasteiger charge is 2.45. The lowest BCUT2D eigenvalue weighted by Crippen LogP contribution is -2.63. The molecule has 0 aromatic carbocycles. The summed E-state index contributed by atoms with van der Waals surface area (Å²) in [5.41, 5.74) is 1.44. The third-order valence-corrected chi connectivity index (χ3v) is 4.31. The van der Waals surface area contributed by atoms with Crippen molar-refractivity contribution in [2.24, 2.45) is 5.92 Å². The highest BCUT2D eigenvalue weighted by molar-refractivity contribution is 5.03. The Hall–Kier alpha value is -0.380. The fourth-order valence-electron chi connectivity index (χ4n) is 2.87. The highest BCUT2D eigenvalue weighted by Crippen LogP contribution is 2.41. The zero-order valence-electron chi connectivity index (χ0n) is 12.2. The Kier molecular flexibility index (Phi) is 4.46. The van der Waals surface area contributed by atoms with E-state index in [0.29, 0.717) is 18.2 Å². The number of hydrogen-bond donors (Lipinski definition) is 1. The van der Waals surface area contributed by atoms with Crippen LogP contribution in [-0.4, -0.2) is 49.3 Å². The van der Waals surface area contributed by atoms with Gasteiger partial charge in [0.2, 0.25) is 0 Å². The first-order valence-electron chi connectivity index (χ1n) is 7.22. The number of nitrogens with zero attached hydrogens (tertiary/aromatic N) is 1. The van der Waals surface area contributed by atoms with Crippen molar-refractivity contribution in [2.45, 2.75) is 45.2 Å². The summed E-state index contributed by atoms with van der Waals surface area (Å²) in [5.74, 6) is 0.892. The Morgan fingerprint density at radius 3 is 2.83 bits per heavy atom. The first-order valence-corrected chi connectivity index (χ1v) is 7.22. The summed E-state index contributed by atoms with van der Waals surface area (Å²) in [4.78, 5) is 2.58. The molecule has 0 aromatic rings. The lowest BCUT2D eigenvalue weighted by Gasteiger charge is -2.45. The summed E-state index contributed by atoms with van der Waals surface area (Å²) >= 11 is 0. The van der Waals surface area contributed by atoms with Crippen molar-refractivity contribution < 1.29 is 4.74 Å². The molecule has 3 heteroatoms. The van der Waals surface area contributed by atoms with Crippen molar-refractivity contribution in [1.82, 2.24) is 10.2 Å². The van der Waals surface area contributed by atoms with E-state index in [2.05, 4.69) is 30.6 Å². The molecule has 0 radical (unpaired) electrons. The van der Waals surface area contributed by atoms with E-state index in [-0.39, 0.29) is 0 Å². The lowest BCUT2D eigenvalue weighted by molar-refractivity contribution is 0.0494. The van der Waals surface area contributed by atoms with Crippen LogP contribution in [0, 0.1) is 5.92 Å². The summed E-state index contributed by atoms with van der Waals surface area (Å²) in [7, 11) is 0. The Labute approximate surface area is 112 Å². The number of hydrogen-bond acceptors (Lipinski definition) is 3. The minimum atomic E-state index is 0.334. The van der Waals surface area contributed by atoms with E-state index in [1.807, 2.05) is 6.92 Å². The van der Waals surface area contributed by atoms with Gasteiger partial charge in [0.15, 0.2) is 0 Å². The van der Waals surface area contributed by atoms with Crippen LogP contribution in [0.3, 0.4) is 0 Å². The van der Waals surface area contributed by atoms with Gasteiger partial charge >= 0.3 is 0 Å². The number of ether oxygens (including phenoxy) is 1. The van der Waals surface area contributed by atoms with E-state index in [9.17, 15) is 0 Å². The second-order valence-electron chi connectivity index (χ2n) is 6.40. The Morgan fingerprint density at radius 2 is 2.22 bits per heavy atom. The topological polar surface area (TPSA) is 24.5 Å². The lowest BCUT2D eigenvalue weighted by atomic mass is 9.91. The van der Waals surface area contributed by atoms with Crippen LogP contribution in [0.25, 0.3) is 0 Å². The maximum atomic E-state index is 5.63. The fourth-order valence-corrected chi connectivity index (χ4v) is 2.87. The Morgan fingerprint density at radius 1 is 1.50 bits per heavy atom. The van der Waals surface area contributed by atoms with Gasteiger partial charge in [0.05, 0.1) is 13.2 Å². The number of rotatable bonds is 6. The van der Waals surface area contributed by atoms with E-state index in [1.165, 1.54) is 12.8 Å². The molecule has 1 saturated heterocycles. The smallest absolute Gasteiger partial charge is 0.0672 e. The SMILES string of the molecule is C=C(C)COCCN1CC(C)(C2CC2)NCC1C. The second-order valence-corrected chi connectivity index (χ2v) is 6.40. The molecule has 2 rings (SSSR count). The third kappa shape index (κ3) is 3.56. The maximum Gasteiger partial charge on any atom is 0.0672 e. The fraction of sp³-hybridized carbons (Fsp3) is 0.867. The maximum absolute atomic E-state index is 5.63. The summed E-state index contributed by atoms with van der Waals surface area (Å²) in [6.45, 7) is 15.4. The minimum Gasteiger partial charge on any atom is -0.376 e. The predicted molar refractivity (Wildman–Crippen MR) is 75.8 cm³/mol. The molecule has 18 heavy (non-hydrogen) atoms. The van der Waals surface area contributed by atoms with Crippen LogP contribution >= 0.6 is 0 Å². The van der Waals surface area contributed by atoms with Gasteiger partial charge in [-0.3, -0.25) is 4.90 Å². The van der Waals surface area contributed by atoms with Crippen LogP contribution in [0.4, 0.5) is 0 Å². The van der Waals surface area contributed by atoms with Gasteiger partial charge in [-0.15, -0.1) is 0 Å². The predicted octanol–water partition coefficient (Wildman–Crippen LogP) is 2.04. The van der Waals surface area contributed by atoms with Gasteiger partial charge in [-0.05, 0) is 39.5 Å². The van der Waals surface area contributed by atoms with Crippen molar-refractivity contribution in [1.29, 1.82) is 0 Å². The monoisotopic (exact) mass is 252 g/mol. The number of piperazine rings is 1. The van der Waals surface area contributed by atoms with Gasteiger partial charge in [0.25, 0.3) is 0 Å². The van der Waals surface area contributed by atoms with Crippen molar-refractivity contribution in [3.05, 3.63) is 12.2 Å². The van der Waals surface area contributed by atoms with Crippen molar-refractivity contribution >= 4 is 0 Å². The summed E-state index contributed by atoms with van der Waals surface area (Å²) in [5, 5.41) is 3.75. The molecule has 2 aliphatic rings. The normalized spacial score (nSPS) is 33.6. The van der Waals surface area contributed by atoms with E-state index in [4.69, 9.17) is 4.74 Å². The molecule has 1 aliphatic heterocycles. The minimum absolute atomic E-state index is 0.334. The van der Waals surface area contributed by atoms with Gasteiger partial charge in [-0.25, -0.2) is 0 Å². The highest BCUT2D eigenvalue weighted by atomic mass is 16.5. The zero-order valence-corrected chi connectivity index (χ0v) is 12.2. The molecule has 2 unspecified atom stereocenters. The molecule has 0 aromatic heterocycles. The van der Waals surface area contributed by atoms with Crippen molar-refractivity contribution in [3.8, 4) is 0 Å². The average molecular weight is 252 g/mol. The molecular formula is C15H28N2O. The van der Waals surface area contributed by atoms with Crippen molar-refractivity contribution in [2.75, 3.05) is 32.8 Å². The quantitative estimate of drug-likeness (QED) is 0.578. The van der Waals surface area contributed by atoms with Crippen LogP contribution < -0.4 is 5.32 Å². The summed E-state index contributed by atoms with van der Waals surface area (Å²) < 4.78 is 5.63. The standard InChI is InChI=1S/C15H28N2O/c1-12(2)10-18-8-7-17-11-15(4,14-5-6-14)16-9-13(17)3/h13-14,16H,1,5-11H2,2-4H3.